The molecule has 2 aromatic carbocycles. The minimum atomic E-state index is -0.426. The van der Waals surface area contributed by atoms with Crippen LogP contribution in [0.5, 0.6) is 23.0 Å². The highest BCUT2D eigenvalue weighted by molar-refractivity contribution is 7.15. The third-order valence-corrected chi connectivity index (χ3v) is 6.50. The van der Waals surface area contributed by atoms with E-state index in [1.54, 1.807) is 56.8 Å². The fourth-order valence-corrected chi connectivity index (χ4v) is 4.48. The molecule has 0 saturated heterocycles. The maximum atomic E-state index is 12.3. The molecule has 0 bridgehead atoms. The Bertz CT molecular complexity index is 1370. The van der Waals surface area contributed by atoms with Crippen LogP contribution in [0.2, 0.25) is 5.02 Å². The smallest absolute Gasteiger partial charge is 0.325 e. The van der Waals surface area contributed by atoms with Gasteiger partial charge in [0.05, 0.1) is 24.8 Å². The minimum absolute atomic E-state index is 0.329. The van der Waals surface area contributed by atoms with E-state index in [1.165, 1.54) is 11.3 Å². The molecule has 2 heterocycles. The molecule has 11 heteroatoms. The average Bonchev–Trinajstić information content (AvgIpc) is 3.59. The number of ether oxygens (including phenoxy) is 3. The molecule has 0 atom stereocenters. The van der Waals surface area contributed by atoms with Gasteiger partial charge in [0.2, 0.25) is 5.13 Å². The highest BCUT2D eigenvalue weighted by Crippen LogP contribution is 2.42. The van der Waals surface area contributed by atoms with Crippen LogP contribution in [0.15, 0.2) is 42.6 Å². The van der Waals surface area contributed by atoms with Crippen LogP contribution in [0.25, 0.3) is 10.9 Å². The Balaban J connectivity index is 1.30. The number of carbonyl (C=O) groups excluding carboxylic acids is 1. The van der Waals surface area contributed by atoms with Gasteiger partial charge in [-0.2, -0.15) is 0 Å². The summed E-state index contributed by atoms with van der Waals surface area (Å²) in [6.45, 7) is 0. The van der Waals surface area contributed by atoms with Crippen LogP contribution in [0.3, 0.4) is 0 Å². The molecular weight excluding hydrogens is 478 g/mol. The van der Waals surface area contributed by atoms with Crippen LogP contribution in [-0.2, 0) is 0 Å². The number of methoxy groups -OCH3 is 2. The molecule has 0 aliphatic heterocycles. The lowest BCUT2D eigenvalue weighted by atomic mass is 10.2. The predicted octanol–water partition coefficient (Wildman–Crippen LogP) is 6.07. The summed E-state index contributed by atoms with van der Waals surface area (Å²) < 4.78 is 16.8. The number of hydrogen-bond acceptors (Lipinski definition) is 8. The molecule has 174 valence electrons. The number of anilines is 2. The normalized spacial score (nSPS) is 12.9. The Morgan fingerprint density at radius 2 is 1.79 bits per heavy atom. The van der Waals surface area contributed by atoms with Gasteiger partial charge in [-0.1, -0.05) is 22.9 Å². The van der Waals surface area contributed by atoms with Gasteiger partial charge >= 0.3 is 6.03 Å². The van der Waals surface area contributed by atoms with E-state index in [0.717, 1.165) is 23.2 Å². The molecule has 0 spiro atoms. The first-order valence-electron chi connectivity index (χ1n) is 10.4. The summed E-state index contributed by atoms with van der Waals surface area (Å²) in [6, 6.07) is 9.88. The average molecular weight is 498 g/mol. The van der Waals surface area contributed by atoms with Crippen molar-refractivity contribution in [2.45, 2.75) is 18.8 Å². The van der Waals surface area contributed by atoms with E-state index >= 15 is 0 Å². The van der Waals surface area contributed by atoms with E-state index in [-0.39, 0.29) is 0 Å². The summed E-state index contributed by atoms with van der Waals surface area (Å²) in [5, 5.41) is 16.1. The standard InChI is InChI=1S/C23H20ClN5O4S/c1-31-19-10-14-16(11-20(19)32-2)25-8-7-17(14)33-18-6-5-13(9-15(18)24)26-22(30)27-23-29-28-21(34-23)12-3-4-12/h5-12H,3-4H2,1-2H3,(H2,26,27,29,30). The second kappa shape index (κ2) is 9.32. The third kappa shape index (κ3) is 4.68. The summed E-state index contributed by atoms with van der Waals surface area (Å²) in [5.74, 6) is 2.60. The van der Waals surface area contributed by atoms with Gasteiger partial charge in [0.25, 0.3) is 0 Å². The summed E-state index contributed by atoms with van der Waals surface area (Å²) in [6.07, 6.45) is 3.90. The second-order valence-corrected chi connectivity index (χ2v) is 9.00. The van der Waals surface area contributed by atoms with Crippen molar-refractivity contribution in [2.24, 2.45) is 0 Å². The third-order valence-electron chi connectivity index (χ3n) is 5.20. The topological polar surface area (TPSA) is 107 Å². The predicted molar refractivity (Wildman–Crippen MR) is 131 cm³/mol. The Kier molecular flexibility index (Phi) is 6.08. The second-order valence-electron chi connectivity index (χ2n) is 7.58. The van der Waals surface area contributed by atoms with Gasteiger partial charge in [-0.15, -0.1) is 10.2 Å². The van der Waals surface area contributed by atoms with Crippen molar-refractivity contribution < 1.29 is 19.0 Å². The van der Waals surface area contributed by atoms with Crippen molar-refractivity contribution in [3.05, 3.63) is 52.6 Å². The van der Waals surface area contributed by atoms with Crippen molar-refractivity contribution >= 4 is 50.7 Å². The molecule has 1 aliphatic rings. The number of urea groups is 1. The highest BCUT2D eigenvalue weighted by atomic mass is 35.5. The van der Waals surface area contributed by atoms with Gasteiger partial charge in [0, 0.05) is 29.3 Å². The van der Waals surface area contributed by atoms with Gasteiger partial charge in [0.1, 0.15) is 16.5 Å². The minimum Gasteiger partial charge on any atom is -0.493 e. The van der Waals surface area contributed by atoms with Crippen molar-refractivity contribution in [1.82, 2.24) is 15.2 Å². The van der Waals surface area contributed by atoms with Gasteiger partial charge < -0.3 is 19.5 Å². The zero-order valence-corrected chi connectivity index (χ0v) is 19.9. The molecule has 0 unspecified atom stereocenters. The van der Waals surface area contributed by atoms with E-state index in [2.05, 4.69) is 25.8 Å². The molecule has 34 heavy (non-hydrogen) atoms. The first-order chi connectivity index (χ1) is 16.5. The number of nitrogens with one attached hydrogen (secondary N) is 2. The zero-order valence-electron chi connectivity index (χ0n) is 18.3. The van der Waals surface area contributed by atoms with Crippen molar-refractivity contribution in [3.63, 3.8) is 0 Å². The number of amides is 2. The van der Waals surface area contributed by atoms with Crippen LogP contribution in [0.4, 0.5) is 15.6 Å². The SMILES string of the molecule is COc1cc2nccc(Oc3ccc(NC(=O)Nc4nnc(C5CC5)s4)cc3Cl)c2cc1OC. The molecule has 4 aromatic rings. The van der Waals surface area contributed by atoms with Crippen molar-refractivity contribution in [1.29, 1.82) is 0 Å². The van der Waals surface area contributed by atoms with Crippen LogP contribution >= 0.6 is 22.9 Å². The van der Waals surface area contributed by atoms with Gasteiger partial charge in [-0.3, -0.25) is 10.3 Å². The van der Waals surface area contributed by atoms with Gasteiger partial charge in [0.15, 0.2) is 11.5 Å². The van der Waals surface area contributed by atoms with E-state index in [0.29, 0.717) is 50.3 Å². The maximum Gasteiger partial charge on any atom is 0.325 e. The van der Waals surface area contributed by atoms with Crippen LogP contribution in [-0.4, -0.2) is 35.4 Å². The van der Waals surface area contributed by atoms with Crippen LogP contribution in [0.1, 0.15) is 23.8 Å². The summed E-state index contributed by atoms with van der Waals surface area (Å²) in [4.78, 5) is 16.7. The fraction of sp³-hybridized carbons (Fsp3) is 0.217. The quantitative estimate of drug-likeness (QED) is 0.319. The summed E-state index contributed by atoms with van der Waals surface area (Å²) in [7, 11) is 3.13. The fourth-order valence-electron chi connectivity index (χ4n) is 3.36. The number of rotatable bonds is 7. The number of fused-ring (bicyclic) bond motifs is 1. The first-order valence-corrected chi connectivity index (χ1v) is 11.6. The number of aromatic nitrogens is 3. The number of pyridine rings is 1. The van der Waals surface area contributed by atoms with Crippen LogP contribution in [0, 0.1) is 0 Å². The number of benzene rings is 2. The lowest BCUT2D eigenvalue weighted by molar-refractivity contribution is 0.262. The van der Waals surface area contributed by atoms with Gasteiger partial charge in [-0.05, 0) is 43.2 Å². The molecule has 1 fully saturated rings. The summed E-state index contributed by atoms with van der Waals surface area (Å²) >= 11 is 7.84. The largest absolute Gasteiger partial charge is 0.493 e. The first kappa shape index (κ1) is 22.2. The van der Waals surface area contributed by atoms with Crippen molar-refractivity contribution in [3.8, 4) is 23.0 Å². The van der Waals surface area contributed by atoms with E-state index in [9.17, 15) is 4.79 Å². The Hall–Kier alpha value is -3.63. The Labute approximate surface area is 204 Å². The Morgan fingerprint density at radius 3 is 2.53 bits per heavy atom. The van der Waals surface area contributed by atoms with E-state index in [4.69, 9.17) is 25.8 Å². The molecule has 2 N–H and O–H groups in total. The highest BCUT2D eigenvalue weighted by Gasteiger charge is 2.27. The lowest BCUT2D eigenvalue weighted by Crippen LogP contribution is -2.19. The molecule has 1 aliphatic carbocycles. The molecule has 1 saturated carbocycles. The molecular formula is C23H20ClN5O4S. The lowest BCUT2D eigenvalue weighted by Gasteiger charge is -2.13. The zero-order chi connectivity index (χ0) is 23.7. The molecule has 2 aromatic heterocycles. The van der Waals surface area contributed by atoms with Crippen LogP contribution < -0.4 is 24.8 Å². The molecule has 2 amide bonds. The molecule has 0 radical (unpaired) electrons. The van der Waals surface area contributed by atoms with Crippen molar-refractivity contribution in [2.75, 3.05) is 24.9 Å². The molecule has 5 rings (SSSR count). The number of nitrogens with zero attached hydrogens (tertiary/aromatic N) is 3. The monoisotopic (exact) mass is 497 g/mol. The van der Waals surface area contributed by atoms with E-state index in [1.807, 2.05) is 0 Å². The number of carbonyl (C=O) groups is 1. The number of hydrogen-bond donors (Lipinski definition) is 2. The maximum absolute atomic E-state index is 12.3. The summed E-state index contributed by atoms with van der Waals surface area (Å²) in [5.41, 5.74) is 1.19. The number of halogens is 1. The van der Waals surface area contributed by atoms with Gasteiger partial charge in [-0.25, -0.2) is 4.79 Å². The van der Waals surface area contributed by atoms with E-state index < -0.39 is 6.03 Å². The Morgan fingerprint density at radius 1 is 1.00 bits per heavy atom. The molecule has 9 nitrogen and oxygen atoms in total.